The van der Waals surface area contributed by atoms with Gasteiger partial charge in [0.15, 0.2) is 0 Å². The minimum atomic E-state index is -0.0525. The number of halogens is 1. The molecule has 0 N–H and O–H groups in total. The number of rotatable bonds is 8. The molecule has 24 heavy (non-hydrogen) atoms. The van der Waals surface area contributed by atoms with Gasteiger partial charge in [-0.05, 0) is 30.2 Å². The molecule has 2 aromatic rings. The van der Waals surface area contributed by atoms with Crippen LogP contribution in [0.2, 0.25) is 5.02 Å². The predicted octanol–water partition coefficient (Wildman–Crippen LogP) is 3.37. The van der Waals surface area contributed by atoms with Crippen molar-refractivity contribution in [3.63, 3.8) is 0 Å². The third-order valence-electron chi connectivity index (χ3n) is 3.76. The third-order valence-corrected chi connectivity index (χ3v) is 3.97. The van der Waals surface area contributed by atoms with Crippen LogP contribution in [-0.4, -0.2) is 42.7 Å². The molecule has 6 heteroatoms. The van der Waals surface area contributed by atoms with Gasteiger partial charge in [-0.3, -0.25) is 4.79 Å². The molecule has 0 unspecified atom stereocenters. The van der Waals surface area contributed by atoms with E-state index in [9.17, 15) is 4.79 Å². The van der Waals surface area contributed by atoms with Crippen LogP contribution in [0.5, 0.6) is 5.75 Å². The van der Waals surface area contributed by atoms with Crippen LogP contribution in [0.25, 0.3) is 0 Å². The van der Waals surface area contributed by atoms with Crippen LogP contribution >= 0.6 is 11.6 Å². The molecular weight excluding hydrogens is 328 g/mol. The van der Waals surface area contributed by atoms with Gasteiger partial charge in [0, 0.05) is 40.1 Å². The Hall–Kier alpha value is -1.98. The summed E-state index contributed by atoms with van der Waals surface area (Å²) in [5.41, 5.74) is 1.58. The number of hydrogen-bond donors (Lipinski definition) is 0. The van der Waals surface area contributed by atoms with Gasteiger partial charge in [0.05, 0.1) is 12.1 Å². The highest BCUT2D eigenvalue weighted by Gasteiger charge is 2.19. The highest BCUT2D eigenvalue weighted by Crippen LogP contribution is 2.18. The molecule has 5 nitrogen and oxygen atoms in total. The molecule has 1 amide bonds. The zero-order chi connectivity index (χ0) is 17.5. The molecule has 2 rings (SSSR count). The number of aromatic nitrogens is 1. The van der Waals surface area contributed by atoms with E-state index in [2.05, 4.69) is 0 Å². The highest BCUT2D eigenvalue weighted by atomic mass is 35.5. The Morgan fingerprint density at radius 3 is 2.71 bits per heavy atom. The Balaban J connectivity index is 2.19. The Bertz CT molecular complexity index is 685. The van der Waals surface area contributed by atoms with E-state index in [4.69, 9.17) is 21.1 Å². The van der Waals surface area contributed by atoms with E-state index in [-0.39, 0.29) is 5.91 Å². The van der Waals surface area contributed by atoms with Crippen molar-refractivity contribution in [3.8, 4) is 5.75 Å². The molecule has 1 heterocycles. The first-order valence-electron chi connectivity index (χ1n) is 7.78. The Morgan fingerprint density at radius 2 is 2.08 bits per heavy atom. The average molecular weight is 351 g/mol. The SMILES string of the molecule is COCCCN(Cc1cccc(OC)c1)C(=O)c1cc(Cl)cn1C. The minimum Gasteiger partial charge on any atom is -0.497 e. The first kappa shape index (κ1) is 18.4. The van der Waals surface area contributed by atoms with Gasteiger partial charge in [0.1, 0.15) is 11.4 Å². The number of aryl methyl sites for hydroxylation is 1. The lowest BCUT2D eigenvalue weighted by Gasteiger charge is -2.23. The molecule has 0 radical (unpaired) electrons. The maximum Gasteiger partial charge on any atom is 0.270 e. The van der Waals surface area contributed by atoms with Gasteiger partial charge >= 0.3 is 0 Å². The summed E-state index contributed by atoms with van der Waals surface area (Å²) >= 11 is 6.01. The zero-order valence-electron chi connectivity index (χ0n) is 14.3. The number of ether oxygens (including phenoxy) is 2. The van der Waals surface area contributed by atoms with E-state index >= 15 is 0 Å². The predicted molar refractivity (Wildman–Crippen MR) is 94.7 cm³/mol. The maximum absolute atomic E-state index is 12.9. The summed E-state index contributed by atoms with van der Waals surface area (Å²) in [6, 6.07) is 9.42. The number of nitrogens with zero attached hydrogens (tertiary/aromatic N) is 2. The Morgan fingerprint density at radius 1 is 1.29 bits per heavy atom. The van der Waals surface area contributed by atoms with Crippen molar-refractivity contribution in [2.24, 2.45) is 7.05 Å². The standard InChI is InChI=1S/C18H23ClN2O3/c1-20-13-15(19)11-17(20)18(22)21(8-5-9-23-2)12-14-6-4-7-16(10-14)24-3/h4,6-7,10-11,13H,5,8-9,12H2,1-3H3. The van der Waals surface area contributed by atoms with Crippen molar-refractivity contribution in [2.45, 2.75) is 13.0 Å². The van der Waals surface area contributed by atoms with E-state index in [0.29, 0.717) is 30.4 Å². The fourth-order valence-corrected chi connectivity index (χ4v) is 2.79. The van der Waals surface area contributed by atoms with Crippen LogP contribution in [-0.2, 0) is 18.3 Å². The van der Waals surface area contributed by atoms with Gasteiger partial charge in [-0.25, -0.2) is 0 Å². The first-order chi connectivity index (χ1) is 11.5. The number of benzene rings is 1. The van der Waals surface area contributed by atoms with E-state index in [0.717, 1.165) is 17.7 Å². The largest absolute Gasteiger partial charge is 0.497 e. The molecule has 0 bridgehead atoms. The van der Waals surface area contributed by atoms with Crippen molar-refractivity contribution in [3.05, 3.63) is 52.8 Å². The molecule has 0 aliphatic carbocycles. The van der Waals surface area contributed by atoms with E-state index in [1.165, 1.54) is 0 Å². The van der Waals surface area contributed by atoms with Crippen LogP contribution in [0.4, 0.5) is 0 Å². The lowest BCUT2D eigenvalue weighted by atomic mass is 10.2. The summed E-state index contributed by atoms with van der Waals surface area (Å²) in [6.45, 7) is 1.71. The molecule has 1 aromatic carbocycles. The first-order valence-corrected chi connectivity index (χ1v) is 8.16. The summed E-state index contributed by atoms with van der Waals surface area (Å²) in [5, 5.41) is 0.555. The number of carbonyl (C=O) groups is 1. The second-order valence-corrected chi connectivity index (χ2v) is 6.02. The van der Waals surface area contributed by atoms with Gasteiger partial charge in [0.25, 0.3) is 5.91 Å². The number of amides is 1. The number of methoxy groups -OCH3 is 2. The van der Waals surface area contributed by atoms with E-state index < -0.39 is 0 Å². The average Bonchev–Trinajstić information content (AvgIpc) is 2.92. The van der Waals surface area contributed by atoms with Crippen LogP contribution < -0.4 is 4.74 Å². The fourth-order valence-electron chi connectivity index (χ4n) is 2.54. The minimum absolute atomic E-state index is 0.0525. The molecule has 0 aliphatic heterocycles. The summed E-state index contributed by atoms with van der Waals surface area (Å²) in [4.78, 5) is 14.7. The van der Waals surface area contributed by atoms with Crippen molar-refractivity contribution in [1.29, 1.82) is 0 Å². The smallest absolute Gasteiger partial charge is 0.270 e. The van der Waals surface area contributed by atoms with Gasteiger partial charge in [-0.1, -0.05) is 23.7 Å². The molecule has 130 valence electrons. The number of carbonyl (C=O) groups excluding carboxylic acids is 1. The summed E-state index contributed by atoms with van der Waals surface area (Å²) < 4.78 is 12.1. The van der Waals surface area contributed by atoms with Crippen molar-refractivity contribution in [2.75, 3.05) is 27.4 Å². The lowest BCUT2D eigenvalue weighted by Crippen LogP contribution is -2.33. The molecule has 0 fully saturated rings. The van der Waals surface area contributed by atoms with Crippen LogP contribution in [0.15, 0.2) is 36.5 Å². The maximum atomic E-state index is 12.9. The normalized spacial score (nSPS) is 10.7. The van der Waals surface area contributed by atoms with Crippen molar-refractivity contribution in [1.82, 2.24) is 9.47 Å². The monoisotopic (exact) mass is 350 g/mol. The van der Waals surface area contributed by atoms with Gasteiger partial charge in [-0.2, -0.15) is 0 Å². The van der Waals surface area contributed by atoms with Gasteiger partial charge < -0.3 is 18.9 Å². The second-order valence-electron chi connectivity index (χ2n) is 5.58. The fraction of sp³-hybridized carbons (Fsp3) is 0.389. The topological polar surface area (TPSA) is 43.7 Å². The lowest BCUT2D eigenvalue weighted by molar-refractivity contribution is 0.0714. The summed E-state index contributed by atoms with van der Waals surface area (Å²) in [7, 11) is 5.11. The molecule has 0 atom stereocenters. The highest BCUT2D eigenvalue weighted by molar-refractivity contribution is 6.31. The van der Waals surface area contributed by atoms with Crippen LogP contribution in [0.1, 0.15) is 22.5 Å². The zero-order valence-corrected chi connectivity index (χ0v) is 15.0. The number of hydrogen-bond acceptors (Lipinski definition) is 3. The molecule has 0 saturated heterocycles. The van der Waals surface area contributed by atoms with Gasteiger partial charge in [0.2, 0.25) is 0 Å². The van der Waals surface area contributed by atoms with E-state index in [1.54, 1.807) is 35.9 Å². The molecule has 0 spiro atoms. The Labute approximate surface area is 147 Å². The summed E-state index contributed by atoms with van der Waals surface area (Å²) in [5.74, 6) is 0.724. The second kappa shape index (κ2) is 8.76. The molecule has 1 aromatic heterocycles. The molecule has 0 aliphatic rings. The third kappa shape index (κ3) is 4.76. The van der Waals surface area contributed by atoms with E-state index in [1.807, 2.05) is 31.3 Å². The Kier molecular flexibility index (Phi) is 6.70. The molecule has 0 saturated carbocycles. The molecular formula is C18H23ClN2O3. The van der Waals surface area contributed by atoms with Crippen LogP contribution in [0, 0.1) is 0 Å². The van der Waals surface area contributed by atoms with Crippen LogP contribution in [0.3, 0.4) is 0 Å². The summed E-state index contributed by atoms with van der Waals surface area (Å²) in [6.07, 6.45) is 2.50. The van der Waals surface area contributed by atoms with Crippen molar-refractivity contribution >= 4 is 17.5 Å². The van der Waals surface area contributed by atoms with Crippen molar-refractivity contribution < 1.29 is 14.3 Å². The van der Waals surface area contributed by atoms with Gasteiger partial charge in [-0.15, -0.1) is 0 Å². The quantitative estimate of drug-likeness (QED) is 0.686.